The molecule has 0 radical (unpaired) electrons. The molecule has 2 aromatic heterocycles. The second-order valence-corrected chi connectivity index (χ2v) is 9.36. The second-order valence-electron chi connectivity index (χ2n) is 8.25. The Morgan fingerprint density at radius 3 is 2.44 bits per heavy atom. The summed E-state index contributed by atoms with van der Waals surface area (Å²) in [6.07, 6.45) is 0. The van der Waals surface area contributed by atoms with E-state index in [-0.39, 0.29) is 5.92 Å². The number of para-hydroxylation sites is 1. The zero-order chi connectivity index (χ0) is 24.4. The highest BCUT2D eigenvalue weighted by molar-refractivity contribution is 8.00. The summed E-state index contributed by atoms with van der Waals surface area (Å²) in [5.41, 5.74) is 9.60. The summed E-state index contributed by atoms with van der Waals surface area (Å²) in [7, 11) is 0. The van der Waals surface area contributed by atoms with Gasteiger partial charge in [-0.1, -0.05) is 73.6 Å². The number of nitrogen functional groups attached to an aromatic ring is 1. The van der Waals surface area contributed by atoms with Gasteiger partial charge in [0.25, 0.3) is 0 Å². The van der Waals surface area contributed by atoms with Gasteiger partial charge in [0.2, 0.25) is 11.1 Å². The van der Waals surface area contributed by atoms with Gasteiger partial charge in [-0.2, -0.15) is 0 Å². The predicted molar refractivity (Wildman–Crippen MR) is 133 cm³/mol. The lowest BCUT2D eigenvalue weighted by Gasteiger charge is -2.18. The van der Waals surface area contributed by atoms with Gasteiger partial charge in [0.05, 0.1) is 16.5 Å². The predicted octanol–water partition coefficient (Wildman–Crippen LogP) is 3.49. The zero-order valence-electron chi connectivity index (χ0n) is 19.0. The Hall–Kier alpha value is -3.92. The van der Waals surface area contributed by atoms with Crippen LogP contribution in [0.25, 0.3) is 33.5 Å². The molecule has 0 bridgehead atoms. The summed E-state index contributed by atoms with van der Waals surface area (Å²) in [4.78, 5) is 28.4. The van der Waals surface area contributed by atoms with Crippen molar-refractivity contribution in [1.82, 2.24) is 25.2 Å². The first-order valence-electron chi connectivity index (χ1n) is 10.7. The number of carbonyl (C=O) groups excluding carboxylic acids is 2. The maximum absolute atomic E-state index is 12.4. The molecule has 0 saturated carbocycles. The van der Waals surface area contributed by atoms with E-state index in [0.717, 1.165) is 45.0 Å². The van der Waals surface area contributed by atoms with Crippen LogP contribution in [0.15, 0.2) is 59.8 Å². The van der Waals surface area contributed by atoms with Gasteiger partial charge in [-0.15, -0.1) is 10.2 Å². The molecule has 0 aliphatic heterocycles. The van der Waals surface area contributed by atoms with Crippen LogP contribution in [0.5, 0.6) is 0 Å². The number of benzene rings is 2. The standard InChI is InChI=1S/C24H25N7O2S/c1-13(2)20(22(32)28-23(25)33)34-24-30-29-21(31(24)26)17-12-19(15-10-8-14(3)9-11-15)27-18-7-5-4-6-16(17)18/h4-13,20H,26H2,1-3H3,(H3,25,28,32,33). The molecule has 10 heteroatoms. The van der Waals surface area contributed by atoms with Crippen LogP contribution in [-0.4, -0.2) is 37.0 Å². The normalized spacial score (nSPS) is 12.1. The fourth-order valence-corrected chi connectivity index (χ4v) is 4.53. The van der Waals surface area contributed by atoms with E-state index in [4.69, 9.17) is 16.6 Å². The van der Waals surface area contributed by atoms with E-state index in [1.165, 1.54) is 4.68 Å². The van der Waals surface area contributed by atoms with Crippen LogP contribution < -0.4 is 16.9 Å². The number of hydrogen-bond donors (Lipinski definition) is 3. The average Bonchev–Trinajstić information content (AvgIpc) is 3.16. The highest BCUT2D eigenvalue weighted by Crippen LogP contribution is 2.33. The molecule has 0 aliphatic carbocycles. The van der Waals surface area contributed by atoms with Crippen molar-refractivity contribution in [1.29, 1.82) is 0 Å². The third kappa shape index (κ3) is 4.72. The third-order valence-electron chi connectivity index (χ3n) is 5.31. The Labute approximate surface area is 200 Å². The maximum Gasteiger partial charge on any atom is 0.318 e. The molecule has 5 N–H and O–H groups in total. The van der Waals surface area contributed by atoms with E-state index in [9.17, 15) is 9.59 Å². The van der Waals surface area contributed by atoms with E-state index >= 15 is 0 Å². The summed E-state index contributed by atoms with van der Waals surface area (Å²) >= 11 is 1.13. The van der Waals surface area contributed by atoms with Gasteiger partial charge in [0.15, 0.2) is 5.82 Å². The Bertz CT molecular complexity index is 1370. The van der Waals surface area contributed by atoms with Gasteiger partial charge in [-0.3, -0.25) is 10.1 Å². The molecule has 0 fully saturated rings. The number of nitrogens with zero attached hydrogens (tertiary/aromatic N) is 4. The molecule has 1 unspecified atom stereocenters. The van der Waals surface area contributed by atoms with Crippen molar-refractivity contribution in [3.05, 3.63) is 60.2 Å². The molecule has 34 heavy (non-hydrogen) atoms. The number of primary amides is 1. The topological polar surface area (TPSA) is 142 Å². The maximum atomic E-state index is 12.4. The van der Waals surface area contributed by atoms with Crippen LogP contribution in [0.4, 0.5) is 4.79 Å². The van der Waals surface area contributed by atoms with Gasteiger partial charge in [-0.05, 0) is 25.0 Å². The lowest BCUT2D eigenvalue weighted by molar-refractivity contribution is -0.120. The number of aryl methyl sites for hydroxylation is 1. The first-order chi connectivity index (χ1) is 16.2. The van der Waals surface area contributed by atoms with Gasteiger partial charge in [-0.25, -0.2) is 14.5 Å². The smallest absolute Gasteiger partial charge is 0.318 e. The molecule has 0 aliphatic rings. The number of thioether (sulfide) groups is 1. The summed E-state index contributed by atoms with van der Waals surface area (Å²) in [5.74, 6) is 6.23. The average molecular weight is 476 g/mol. The molecular weight excluding hydrogens is 450 g/mol. The number of nitrogens with two attached hydrogens (primary N) is 2. The van der Waals surface area contributed by atoms with Crippen LogP contribution in [0.2, 0.25) is 0 Å². The highest BCUT2D eigenvalue weighted by atomic mass is 32.2. The van der Waals surface area contributed by atoms with Crippen molar-refractivity contribution < 1.29 is 9.59 Å². The molecule has 2 heterocycles. The molecule has 0 saturated heterocycles. The summed E-state index contributed by atoms with van der Waals surface area (Å²) in [5, 5.41) is 11.3. The molecule has 4 rings (SSSR count). The quantitative estimate of drug-likeness (QED) is 0.286. The van der Waals surface area contributed by atoms with E-state index in [0.29, 0.717) is 11.0 Å². The molecule has 174 valence electrons. The number of imide groups is 1. The van der Waals surface area contributed by atoms with Crippen molar-refractivity contribution in [2.24, 2.45) is 11.7 Å². The highest BCUT2D eigenvalue weighted by Gasteiger charge is 2.28. The molecule has 0 spiro atoms. The van der Waals surface area contributed by atoms with Gasteiger partial charge in [0.1, 0.15) is 0 Å². The molecule has 9 nitrogen and oxygen atoms in total. The lowest BCUT2D eigenvalue weighted by Crippen LogP contribution is -2.42. The summed E-state index contributed by atoms with van der Waals surface area (Å²) in [6, 6.07) is 16.9. The summed E-state index contributed by atoms with van der Waals surface area (Å²) < 4.78 is 1.36. The number of aromatic nitrogens is 4. The minimum atomic E-state index is -0.905. The number of nitrogens with one attached hydrogen (secondary N) is 1. The largest absolute Gasteiger partial charge is 0.351 e. The molecule has 3 amide bonds. The Morgan fingerprint density at radius 1 is 1.06 bits per heavy atom. The van der Waals surface area contributed by atoms with Crippen LogP contribution in [0, 0.1) is 12.8 Å². The van der Waals surface area contributed by atoms with Crippen LogP contribution >= 0.6 is 11.8 Å². The zero-order valence-corrected chi connectivity index (χ0v) is 19.8. The van der Waals surface area contributed by atoms with E-state index < -0.39 is 17.2 Å². The molecule has 4 aromatic rings. The summed E-state index contributed by atoms with van der Waals surface area (Å²) in [6.45, 7) is 5.76. The van der Waals surface area contributed by atoms with Crippen molar-refractivity contribution in [3.63, 3.8) is 0 Å². The van der Waals surface area contributed by atoms with Gasteiger partial charge in [0, 0.05) is 16.5 Å². The molecular formula is C24H25N7O2S. The number of amides is 3. The monoisotopic (exact) mass is 475 g/mol. The van der Waals surface area contributed by atoms with Crippen molar-refractivity contribution in [2.75, 3.05) is 5.84 Å². The SMILES string of the molecule is Cc1ccc(-c2cc(-c3nnc(SC(C(=O)NC(N)=O)C(C)C)n3N)c3ccccc3n2)cc1. The van der Waals surface area contributed by atoms with Crippen LogP contribution in [0.3, 0.4) is 0 Å². The van der Waals surface area contributed by atoms with Crippen LogP contribution in [-0.2, 0) is 4.79 Å². The third-order valence-corrected chi connectivity index (χ3v) is 6.81. The Balaban J connectivity index is 1.77. The van der Waals surface area contributed by atoms with E-state index in [2.05, 4.69) is 15.5 Å². The number of fused-ring (bicyclic) bond motifs is 1. The Morgan fingerprint density at radius 2 is 1.76 bits per heavy atom. The minimum absolute atomic E-state index is 0.112. The number of rotatable bonds is 6. The number of pyridine rings is 1. The first kappa shape index (κ1) is 23.2. The molecule has 2 aromatic carbocycles. The Kier molecular flexibility index (Phi) is 6.51. The van der Waals surface area contributed by atoms with Gasteiger partial charge < -0.3 is 11.6 Å². The van der Waals surface area contributed by atoms with Crippen molar-refractivity contribution in [3.8, 4) is 22.6 Å². The number of hydrogen-bond acceptors (Lipinski definition) is 7. The fraction of sp³-hybridized carbons (Fsp3) is 0.208. The lowest BCUT2D eigenvalue weighted by atomic mass is 10.0. The van der Waals surface area contributed by atoms with E-state index in [1.807, 2.05) is 75.4 Å². The van der Waals surface area contributed by atoms with Crippen LogP contribution in [0.1, 0.15) is 19.4 Å². The molecule has 1 atom stereocenters. The second kappa shape index (κ2) is 9.52. The van der Waals surface area contributed by atoms with Crippen molar-refractivity contribution >= 4 is 34.6 Å². The minimum Gasteiger partial charge on any atom is -0.351 e. The van der Waals surface area contributed by atoms with Crippen molar-refractivity contribution in [2.45, 2.75) is 31.2 Å². The number of urea groups is 1. The number of carbonyl (C=O) groups is 2. The van der Waals surface area contributed by atoms with E-state index in [1.54, 1.807) is 0 Å². The van der Waals surface area contributed by atoms with Gasteiger partial charge >= 0.3 is 6.03 Å². The fourth-order valence-electron chi connectivity index (χ4n) is 3.57. The first-order valence-corrected chi connectivity index (χ1v) is 11.6.